The second-order valence-electron chi connectivity index (χ2n) is 6.04. The Hall–Kier alpha value is -1.06. The van der Waals surface area contributed by atoms with Gasteiger partial charge in [-0.1, -0.05) is 37.6 Å². The molecule has 1 aromatic rings. The van der Waals surface area contributed by atoms with E-state index in [1.165, 1.54) is 6.42 Å². The molecule has 2 atom stereocenters. The third-order valence-corrected chi connectivity index (χ3v) is 3.97. The maximum atomic E-state index is 12.0. The molecule has 1 heterocycles. The standard InChI is InChI=1S/C16H23ClN2O/c1-12-7-13(2)10-19(9-12)11-16(20)18-8-14-3-5-15(17)6-4-14/h3-6,12-13H,7-11H2,1-2H3,(H,18,20). The van der Waals surface area contributed by atoms with E-state index in [4.69, 9.17) is 11.6 Å². The van der Waals surface area contributed by atoms with Crippen molar-refractivity contribution in [2.45, 2.75) is 26.8 Å². The number of piperidine rings is 1. The number of likely N-dealkylation sites (tertiary alicyclic amines) is 1. The zero-order chi connectivity index (χ0) is 14.5. The second kappa shape index (κ2) is 7.09. The third-order valence-electron chi connectivity index (χ3n) is 3.71. The molecule has 1 amide bonds. The summed E-state index contributed by atoms with van der Waals surface area (Å²) >= 11 is 5.84. The first-order valence-corrected chi connectivity index (χ1v) is 7.64. The van der Waals surface area contributed by atoms with Gasteiger partial charge in [0.1, 0.15) is 0 Å². The van der Waals surface area contributed by atoms with Crippen LogP contribution in [0.4, 0.5) is 0 Å². The van der Waals surface area contributed by atoms with Crippen LogP contribution in [0.15, 0.2) is 24.3 Å². The fraction of sp³-hybridized carbons (Fsp3) is 0.562. The zero-order valence-corrected chi connectivity index (χ0v) is 13.0. The molecule has 110 valence electrons. The molecular weight excluding hydrogens is 272 g/mol. The van der Waals surface area contributed by atoms with Crippen LogP contribution in [0.3, 0.4) is 0 Å². The highest BCUT2D eigenvalue weighted by Crippen LogP contribution is 2.20. The molecule has 3 nitrogen and oxygen atoms in total. The van der Waals surface area contributed by atoms with Gasteiger partial charge in [0.05, 0.1) is 6.54 Å². The monoisotopic (exact) mass is 294 g/mol. The number of hydrogen-bond donors (Lipinski definition) is 1. The number of hydrogen-bond acceptors (Lipinski definition) is 2. The number of nitrogens with one attached hydrogen (secondary N) is 1. The molecule has 2 rings (SSSR count). The van der Waals surface area contributed by atoms with Gasteiger partial charge in [-0.2, -0.15) is 0 Å². The van der Waals surface area contributed by atoms with E-state index < -0.39 is 0 Å². The Bertz CT molecular complexity index is 436. The molecule has 1 aromatic carbocycles. The van der Waals surface area contributed by atoms with Gasteiger partial charge in [-0.3, -0.25) is 9.69 Å². The molecule has 1 N–H and O–H groups in total. The molecule has 0 aromatic heterocycles. The van der Waals surface area contributed by atoms with Gasteiger partial charge in [0.2, 0.25) is 5.91 Å². The van der Waals surface area contributed by atoms with Crippen molar-refractivity contribution < 1.29 is 4.79 Å². The van der Waals surface area contributed by atoms with Gasteiger partial charge in [-0.15, -0.1) is 0 Å². The topological polar surface area (TPSA) is 32.3 Å². The minimum atomic E-state index is 0.0984. The van der Waals surface area contributed by atoms with Crippen LogP contribution in [-0.4, -0.2) is 30.4 Å². The van der Waals surface area contributed by atoms with Gasteiger partial charge in [0.25, 0.3) is 0 Å². The summed E-state index contributed by atoms with van der Waals surface area (Å²) in [6.45, 7) is 7.64. The fourth-order valence-electron chi connectivity index (χ4n) is 2.98. The Kier molecular flexibility index (Phi) is 5.44. The van der Waals surface area contributed by atoms with Crippen molar-refractivity contribution in [2.24, 2.45) is 11.8 Å². The molecule has 0 saturated carbocycles. The minimum absolute atomic E-state index is 0.0984. The van der Waals surface area contributed by atoms with Crippen LogP contribution >= 0.6 is 11.6 Å². The zero-order valence-electron chi connectivity index (χ0n) is 12.2. The summed E-state index contributed by atoms with van der Waals surface area (Å²) in [5.74, 6) is 1.46. The summed E-state index contributed by atoms with van der Waals surface area (Å²) < 4.78 is 0. The smallest absolute Gasteiger partial charge is 0.234 e. The highest BCUT2D eigenvalue weighted by Gasteiger charge is 2.22. The van der Waals surface area contributed by atoms with Crippen molar-refractivity contribution in [3.8, 4) is 0 Å². The first-order valence-electron chi connectivity index (χ1n) is 7.26. The van der Waals surface area contributed by atoms with Crippen molar-refractivity contribution >= 4 is 17.5 Å². The number of nitrogens with zero attached hydrogens (tertiary/aromatic N) is 1. The summed E-state index contributed by atoms with van der Waals surface area (Å²) in [6, 6.07) is 7.56. The number of benzene rings is 1. The number of carbonyl (C=O) groups is 1. The van der Waals surface area contributed by atoms with Crippen molar-refractivity contribution in [1.29, 1.82) is 0 Å². The molecule has 1 fully saturated rings. The Morgan fingerprint density at radius 2 is 1.85 bits per heavy atom. The normalized spacial score (nSPS) is 23.6. The molecule has 2 unspecified atom stereocenters. The van der Waals surface area contributed by atoms with Gasteiger partial charge in [-0.05, 0) is 36.0 Å². The summed E-state index contributed by atoms with van der Waals surface area (Å²) in [4.78, 5) is 14.2. The average molecular weight is 295 g/mol. The van der Waals surface area contributed by atoms with E-state index in [2.05, 4.69) is 24.1 Å². The van der Waals surface area contributed by atoms with Crippen molar-refractivity contribution in [3.05, 3.63) is 34.9 Å². The number of rotatable bonds is 4. The predicted octanol–water partition coefficient (Wildman–Crippen LogP) is 2.93. The lowest BCUT2D eigenvalue weighted by Crippen LogP contribution is -2.44. The maximum Gasteiger partial charge on any atom is 0.234 e. The summed E-state index contributed by atoms with van der Waals surface area (Å²) in [5, 5.41) is 3.69. The van der Waals surface area contributed by atoms with Crippen LogP contribution in [0.2, 0.25) is 5.02 Å². The predicted molar refractivity (Wildman–Crippen MR) is 82.7 cm³/mol. The molecular formula is C16H23ClN2O. The largest absolute Gasteiger partial charge is 0.351 e. The summed E-state index contributed by atoms with van der Waals surface area (Å²) in [6.07, 6.45) is 1.27. The van der Waals surface area contributed by atoms with Gasteiger partial charge >= 0.3 is 0 Å². The van der Waals surface area contributed by atoms with Crippen LogP contribution in [0.25, 0.3) is 0 Å². The van der Waals surface area contributed by atoms with E-state index in [0.717, 1.165) is 23.7 Å². The van der Waals surface area contributed by atoms with E-state index in [-0.39, 0.29) is 5.91 Å². The average Bonchev–Trinajstić information content (AvgIpc) is 2.37. The van der Waals surface area contributed by atoms with Crippen molar-refractivity contribution in [3.63, 3.8) is 0 Å². The lowest BCUT2D eigenvalue weighted by atomic mass is 9.92. The SMILES string of the molecule is CC1CC(C)CN(CC(=O)NCc2ccc(Cl)cc2)C1. The lowest BCUT2D eigenvalue weighted by molar-refractivity contribution is -0.123. The maximum absolute atomic E-state index is 12.0. The number of carbonyl (C=O) groups excluding carboxylic acids is 1. The minimum Gasteiger partial charge on any atom is -0.351 e. The van der Waals surface area contributed by atoms with Crippen LogP contribution in [-0.2, 0) is 11.3 Å². The molecule has 1 aliphatic heterocycles. The Balaban J connectivity index is 1.76. The first-order chi connectivity index (χ1) is 9.52. The number of halogens is 1. The molecule has 0 radical (unpaired) electrons. The Morgan fingerprint density at radius 1 is 1.25 bits per heavy atom. The van der Waals surface area contributed by atoms with E-state index in [1.54, 1.807) is 0 Å². The molecule has 1 saturated heterocycles. The summed E-state index contributed by atoms with van der Waals surface area (Å²) in [7, 11) is 0. The molecule has 1 aliphatic rings. The number of amides is 1. The van der Waals surface area contributed by atoms with Gasteiger partial charge in [-0.25, -0.2) is 0 Å². The van der Waals surface area contributed by atoms with Crippen LogP contribution < -0.4 is 5.32 Å². The van der Waals surface area contributed by atoms with Crippen LogP contribution in [0.5, 0.6) is 0 Å². The van der Waals surface area contributed by atoms with Crippen molar-refractivity contribution in [1.82, 2.24) is 10.2 Å². The Morgan fingerprint density at radius 3 is 2.45 bits per heavy atom. The highest BCUT2D eigenvalue weighted by atomic mass is 35.5. The van der Waals surface area contributed by atoms with Crippen molar-refractivity contribution in [2.75, 3.05) is 19.6 Å². The molecule has 0 spiro atoms. The fourth-order valence-corrected chi connectivity index (χ4v) is 3.11. The van der Waals surface area contributed by atoms with Gasteiger partial charge in [0.15, 0.2) is 0 Å². The van der Waals surface area contributed by atoms with Crippen LogP contribution in [0, 0.1) is 11.8 Å². The highest BCUT2D eigenvalue weighted by molar-refractivity contribution is 6.30. The van der Waals surface area contributed by atoms with E-state index in [0.29, 0.717) is 24.9 Å². The van der Waals surface area contributed by atoms with Crippen LogP contribution in [0.1, 0.15) is 25.8 Å². The van der Waals surface area contributed by atoms with Gasteiger partial charge in [0, 0.05) is 24.7 Å². The van der Waals surface area contributed by atoms with E-state index in [9.17, 15) is 4.79 Å². The molecule has 0 bridgehead atoms. The van der Waals surface area contributed by atoms with E-state index in [1.807, 2.05) is 24.3 Å². The molecule has 20 heavy (non-hydrogen) atoms. The lowest BCUT2D eigenvalue weighted by Gasteiger charge is -2.34. The summed E-state index contributed by atoms with van der Waals surface area (Å²) in [5.41, 5.74) is 1.07. The molecule has 0 aliphatic carbocycles. The van der Waals surface area contributed by atoms with Gasteiger partial charge < -0.3 is 5.32 Å². The second-order valence-corrected chi connectivity index (χ2v) is 6.48. The third kappa shape index (κ3) is 4.80. The quantitative estimate of drug-likeness (QED) is 0.926. The first kappa shape index (κ1) is 15.3. The van der Waals surface area contributed by atoms with E-state index >= 15 is 0 Å². The Labute approximate surface area is 126 Å². The molecule has 4 heteroatoms.